The molecule has 0 aromatic carbocycles. The van der Waals surface area contributed by atoms with Crippen LogP contribution in [-0.4, -0.2) is 35.2 Å². The Morgan fingerprint density at radius 1 is 1.31 bits per heavy atom. The molecule has 0 saturated carbocycles. The number of hydrogen-bond acceptors (Lipinski definition) is 4. The van der Waals surface area contributed by atoms with Crippen LogP contribution in [-0.2, 0) is 14.4 Å². The molecule has 1 heterocycles. The van der Waals surface area contributed by atoms with Gasteiger partial charge in [0.2, 0.25) is 5.91 Å². The fraction of sp³-hybridized carbons (Fsp3) is 0.500. The zero-order chi connectivity index (χ0) is 12.3. The van der Waals surface area contributed by atoms with E-state index in [0.29, 0.717) is 0 Å². The number of rotatable bonds is 3. The first-order chi connectivity index (χ1) is 7.46. The van der Waals surface area contributed by atoms with E-state index in [9.17, 15) is 19.2 Å². The molecule has 1 fully saturated rings. The Kier molecular flexibility index (Phi) is 3.48. The lowest BCUT2D eigenvalue weighted by atomic mass is 9.92. The molecule has 0 radical (unpaired) electrons. The summed E-state index contributed by atoms with van der Waals surface area (Å²) in [5.41, 5.74) is -1.76. The van der Waals surface area contributed by atoms with Crippen LogP contribution in [0, 0.1) is 0 Å². The largest absolute Gasteiger partial charge is 0.333 e. The Labute approximate surface area is 95.9 Å². The molecule has 3 N–H and O–H groups in total. The SMILES string of the molecule is CCC1(NC(=O)CCl)C(=O)NC(=O)NC1=O. The molecule has 0 aromatic rings. The molecule has 0 atom stereocenters. The second kappa shape index (κ2) is 4.48. The molecule has 0 bridgehead atoms. The van der Waals surface area contributed by atoms with Gasteiger partial charge in [-0.2, -0.15) is 0 Å². The summed E-state index contributed by atoms with van der Waals surface area (Å²) in [6, 6.07) is -0.904. The van der Waals surface area contributed by atoms with Crippen LogP contribution in [0.5, 0.6) is 0 Å². The maximum Gasteiger partial charge on any atom is 0.328 e. The van der Waals surface area contributed by atoms with Crippen molar-refractivity contribution in [3.63, 3.8) is 0 Å². The van der Waals surface area contributed by atoms with Crippen LogP contribution in [0.2, 0.25) is 0 Å². The van der Waals surface area contributed by atoms with E-state index in [0.717, 1.165) is 0 Å². The molecule has 0 aromatic heterocycles. The number of carbonyl (C=O) groups excluding carboxylic acids is 4. The highest BCUT2D eigenvalue weighted by molar-refractivity contribution is 6.29. The third-order valence-corrected chi connectivity index (χ3v) is 2.48. The van der Waals surface area contributed by atoms with Gasteiger partial charge < -0.3 is 5.32 Å². The van der Waals surface area contributed by atoms with Crippen LogP contribution in [0.25, 0.3) is 0 Å². The third kappa shape index (κ3) is 1.99. The van der Waals surface area contributed by atoms with Gasteiger partial charge in [-0.15, -0.1) is 11.6 Å². The monoisotopic (exact) mass is 247 g/mol. The molecule has 0 unspecified atom stereocenters. The van der Waals surface area contributed by atoms with Gasteiger partial charge in [0.1, 0.15) is 5.88 Å². The summed E-state index contributed by atoms with van der Waals surface area (Å²) < 4.78 is 0. The summed E-state index contributed by atoms with van der Waals surface area (Å²) in [5.74, 6) is -2.76. The first kappa shape index (κ1) is 12.4. The van der Waals surface area contributed by atoms with Gasteiger partial charge in [0.05, 0.1) is 0 Å². The fourth-order valence-corrected chi connectivity index (χ4v) is 1.42. The molecule has 1 rings (SSSR count). The Balaban J connectivity index is 3.00. The van der Waals surface area contributed by atoms with Crippen molar-refractivity contribution in [3.8, 4) is 0 Å². The highest BCUT2D eigenvalue weighted by Gasteiger charge is 2.50. The van der Waals surface area contributed by atoms with Gasteiger partial charge >= 0.3 is 6.03 Å². The maximum absolute atomic E-state index is 11.6. The molecule has 88 valence electrons. The molecular weight excluding hydrogens is 238 g/mol. The molecule has 1 aliphatic rings. The van der Waals surface area contributed by atoms with E-state index in [2.05, 4.69) is 5.32 Å². The van der Waals surface area contributed by atoms with E-state index in [1.807, 2.05) is 10.6 Å². The topological polar surface area (TPSA) is 104 Å². The van der Waals surface area contributed by atoms with Crippen LogP contribution < -0.4 is 16.0 Å². The van der Waals surface area contributed by atoms with E-state index in [-0.39, 0.29) is 12.3 Å². The number of barbiturate groups is 1. The van der Waals surface area contributed by atoms with E-state index in [4.69, 9.17) is 11.6 Å². The Morgan fingerprint density at radius 2 is 1.81 bits per heavy atom. The first-order valence-electron chi connectivity index (χ1n) is 4.50. The number of alkyl halides is 1. The molecule has 0 aliphatic carbocycles. The predicted molar refractivity (Wildman–Crippen MR) is 53.6 cm³/mol. The van der Waals surface area contributed by atoms with Gasteiger partial charge in [0.25, 0.3) is 11.8 Å². The summed E-state index contributed by atoms with van der Waals surface area (Å²) in [6.07, 6.45) is 0.0145. The van der Waals surface area contributed by atoms with Crippen molar-refractivity contribution in [1.29, 1.82) is 0 Å². The maximum atomic E-state index is 11.6. The van der Waals surface area contributed by atoms with Gasteiger partial charge in [-0.3, -0.25) is 25.0 Å². The fourth-order valence-electron chi connectivity index (χ4n) is 1.35. The summed E-state index contributed by atoms with van der Waals surface area (Å²) in [7, 11) is 0. The summed E-state index contributed by atoms with van der Waals surface area (Å²) in [5, 5.41) is 6.03. The van der Waals surface area contributed by atoms with Gasteiger partial charge in [-0.05, 0) is 6.42 Å². The lowest BCUT2D eigenvalue weighted by Crippen LogP contribution is -2.73. The number of hydrogen-bond donors (Lipinski definition) is 3. The Morgan fingerprint density at radius 3 is 2.19 bits per heavy atom. The second-order valence-electron chi connectivity index (χ2n) is 3.18. The smallest absolute Gasteiger partial charge is 0.328 e. The minimum atomic E-state index is -1.76. The van der Waals surface area contributed by atoms with Crippen molar-refractivity contribution in [2.45, 2.75) is 18.9 Å². The molecule has 1 saturated heterocycles. The normalized spacial score (nSPS) is 18.8. The Bertz CT molecular complexity index is 348. The van der Waals surface area contributed by atoms with Gasteiger partial charge in [-0.25, -0.2) is 4.79 Å². The number of nitrogens with one attached hydrogen (secondary N) is 3. The van der Waals surface area contributed by atoms with Crippen LogP contribution in [0.15, 0.2) is 0 Å². The number of carbonyl (C=O) groups is 4. The molecule has 1 aliphatic heterocycles. The van der Waals surface area contributed by atoms with Crippen molar-refractivity contribution >= 4 is 35.4 Å². The quantitative estimate of drug-likeness (QED) is 0.433. The number of halogens is 1. The summed E-state index contributed by atoms with van der Waals surface area (Å²) in [4.78, 5) is 45.1. The minimum absolute atomic E-state index is 0.0145. The number of urea groups is 1. The van der Waals surface area contributed by atoms with Gasteiger partial charge in [-0.1, -0.05) is 6.92 Å². The van der Waals surface area contributed by atoms with E-state index in [1.54, 1.807) is 0 Å². The first-order valence-corrected chi connectivity index (χ1v) is 5.03. The second-order valence-corrected chi connectivity index (χ2v) is 3.45. The zero-order valence-corrected chi connectivity index (χ0v) is 9.18. The number of amides is 5. The van der Waals surface area contributed by atoms with Crippen LogP contribution in [0.1, 0.15) is 13.3 Å². The predicted octanol–water partition coefficient (Wildman–Crippen LogP) is -1.14. The van der Waals surface area contributed by atoms with Gasteiger partial charge in [0, 0.05) is 0 Å². The standard InChI is InChI=1S/C8H10ClN3O4/c1-2-8(12-4(13)3-9)5(14)10-7(16)11-6(8)15/h2-3H2,1H3,(H,12,13)(H2,10,11,14,15,16). The Hall–Kier alpha value is -1.63. The van der Waals surface area contributed by atoms with Crippen molar-refractivity contribution in [2.24, 2.45) is 0 Å². The van der Waals surface area contributed by atoms with E-state index < -0.39 is 29.3 Å². The lowest BCUT2D eigenvalue weighted by Gasteiger charge is -2.33. The third-order valence-electron chi connectivity index (χ3n) is 2.23. The van der Waals surface area contributed by atoms with Crippen molar-refractivity contribution < 1.29 is 19.2 Å². The number of imide groups is 2. The van der Waals surface area contributed by atoms with E-state index >= 15 is 0 Å². The van der Waals surface area contributed by atoms with Crippen molar-refractivity contribution in [2.75, 3.05) is 5.88 Å². The molecule has 7 nitrogen and oxygen atoms in total. The van der Waals surface area contributed by atoms with Crippen LogP contribution >= 0.6 is 11.6 Å². The highest BCUT2D eigenvalue weighted by atomic mass is 35.5. The van der Waals surface area contributed by atoms with Crippen LogP contribution in [0.3, 0.4) is 0 Å². The van der Waals surface area contributed by atoms with Gasteiger partial charge in [0.15, 0.2) is 5.54 Å². The van der Waals surface area contributed by atoms with Crippen molar-refractivity contribution in [3.05, 3.63) is 0 Å². The van der Waals surface area contributed by atoms with Crippen LogP contribution in [0.4, 0.5) is 4.79 Å². The minimum Gasteiger partial charge on any atom is -0.333 e. The van der Waals surface area contributed by atoms with Crippen molar-refractivity contribution in [1.82, 2.24) is 16.0 Å². The molecule has 0 spiro atoms. The molecular formula is C8H10ClN3O4. The average molecular weight is 248 g/mol. The molecule has 5 amide bonds. The highest BCUT2D eigenvalue weighted by Crippen LogP contribution is 2.14. The summed E-state index contributed by atoms with van der Waals surface area (Å²) in [6.45, 7) is 1.53. The molecule has 16 heavy (non-hydrogen) atoms. The summed E-state index contributed by atoms with van der Waals surface area (Å²) >= 11 is 5.27. The van der Waals surface area contributed by atoms with E-state index in [1.165, 1.54) is 6.92 Å². The average Bonchev–Trinajstić information content (AvgIpc) is 2.23. The molecule has 8 heteroatoms. The lowest BCUT2D eigenvalue weighted by molar-refractivity contribution is -0.143. The zero-order valence-electron chi connectivity index (χ0n) is 8.43.